The van der Waals surface area contributed by atoms with E-state index in [1.165, 1.54) is 0 Å². The topological polar surface area (TPSA) is 67.8 Å². The maximum Gasteiger partial charge on any atom is 0.260 e. The summed E-state index contributed by atoms with van der Waals surface area (Å²) < 4.78 is 10.9. The molecule has 8 heteroatoms. The van der Waals surface area contributed by atoms with E-state index in [-0.39, 0.29) is 24.1 Å². The molecule has 0 aliphatic heterocycles. The zero-order valence-electron chi connectivity index (χ0n) is 13.9. The summed E-state index contributed by atoms with van der Waals surface area (Å²) in [5.74, 6) is 0.528. The van der Waals surface area contributed by atoms with Crippen molar-refractivity contribution in [2.45, 2.75) is 19.1 Å². The van der Waals surface area contributed by atoms with Crippen molar-refractivity contribution in [1.29, 1.82) is 0 Å². The van der Waals surface area contributed by atoms with Gasteiger partial charge in [0.05, 0.1) is 5.02 Å². The van der Waals surface area contributed by atoms with Crippen molar-refractivity contribution in [3.05, 3.63) is 57.5 Å². The van der Waals surface area contributed by atoms with Gasteiger partial charge in [0, 0.05) is 11.6 Å². The highest BCUT2D eigenvalue weighted by Gasteiger charge is 2.16. The Kier molecular flexibility index (Phi) is 7.85. The van der Waals surface area contributed by atoms with Crippen LogP contribution in [0.25, 0.3) is 0 Å². The van der Waals surface area contributed by atoms with Gasteiger partial charge in [0.25, 0.3) is 5.91 Å². The summed E-state index contributed by atoms with van der Waals surface area (Å²) in [6, 6.07) is 11.6. The molecule has 2 N–H and O–H groups in total. The van der Waals surface area contributed by atoms with E-state index in [1.54, 1.807) is 49.4 Å². The highest BCUT2D eigenvalue weighted by atomic mass is 35.5. The third-order valence-electron chi connectivity index (χ3n) is 3.36. The molecule has 0 fully saturated rings. The van der Waals surface area contributed by atoms with Crippen LogP contribution in [0.5, 0.6) is 11.5 Å². The number of amides is 1. The maximum atomic E-state index is 12.0. The number of carbonyl (C=O) groups excluding carboxylic acids is 1. The first-order chi connectivity index (χ1) is 12.4. The lowest BCUT2D eigenvalue weighted by molar-refractivity contribution is -0.127. The average Bonchev–Trinajstić information content (AvgIpc) is 2.62. The highest BCUT2D eigenvalue weighted by molar-refractivity contribution is 6.42. The van der Waals surface area contributed by atoms with Crippen molar-refractivity contribution in [1.82, 2.24) is 5.32 Å². The molecule has 5 nitrogen and oxygen atoms in total. The van der Waals surface area contributed by atoms with Gasteiger partial charge < -0.3 is 19.9 Å². The summed E-state index contributed by atoms with van der Waals surface area (Å²) in [4.78, 5) is 12.0. The maximum absolute atomic E-state index is 12.0. The summed E-state index contributed by atoms with van der Waals surface area (Å²) in [6.45, 7) is 1.57. The lowest BCUT2D eigenvalue weighted by atomic mass is 10.3. The number of carbonyl (C=O) groups is 1. The smallest absolute Gasteiger partial charge is 0.260 e. The van der Waals surface area contributed by atoms with Gasteiger partial charge in [-0.15, -0.1) is 0 Å². The summed E-state index contributed by atoms with van der Waals surface area (Å²) in [5.41, 5.74) is 0. The van der Waals surface area contributed by atoms with Gasteiger partial charge in [-0.05, 0) is 43.3 Å². The first-order valence-corrected chi connectivity index (χ1v) is 8.95. The predicted molar refractivity (Wildman–Crippen MR) is 103 cm³/mol. The van der Waals surface area contributed by atoms with Crippen molar-refractivity contribution >= 4 is 40.7 Å². The molecule has 0 aromatic heterocycles. The van der Waals surface area contributed by atoms with E-state index < -0.39 is 12.2 Å². The van der Waals surface area contributed by atoms with E-state index in [1.807, 2.05) is 0 Å². The number of ether oxygens (including phenoxy) is 2. The van der Waals surface area contributed by atoms with Crippen molar-refractivity contribution in [2.75, 3.05) is 13.2 Å². The lowest BCUT2D eigenvalue weighted by Gasteiger charge is -2.17. The number of benzene rings is 2. The number of hydrogen-bond donors (Lipinski definition) is 2. The van der Waals surface area contributed by atoms with Crippen LogP contribution in [0.3, 0.4) is 0 Å². The van der Waals surface area contributed by atoms with Gasteiger partial charge in [-0.2, -0.15) is 0 Å². The fourth-order valence-corrected chi connectivity index (χ4v) is 2.45. The Bertz CT molecular complexity index is 740. The van der Waals surface area contributed by atoms with Crippen LogP contribution in [0.1, 0.15) is 6.92 Å². The Hall–Kier alpha value is -1.66. The fraction of sp³-hybridized carbons (Fsp3) is 0.278. The molecule has 1 amide bonds. The van der Waals surface area contributed by atoms with Gasteiger partial charge in [0.15, 0.2) is 6.10 Å². The molecule has 2 unspecified atom stereocenters. The van der Waals surface area contributed by atoms with E-state index in [0.29, 0.717) is 21.5 Å². The number of nitrogens with one attached hydrogen (secondary N) is 1. The van der Waals surface area contributed by atoms with E-state index in [4.69, 9.17) is 44.3 Å². The van der Waals surface area contributed by atoms with E-state index >= 15 is 0 Å². The standard InChI is InChI=1S/C18H18Cl3NO4/c1-11(26-14-7-5-12(19)6-8-14)18(24)22-9-13(23)10-25-16-4-2-3-15(20)17(16)21/h2-8,11,13,23H,9-10H2,1H3,(H,22,24). The third-order valence-corrected chi connectivity index (χ3v) is 4.41. The molecule has 0 aliphatic rings. The summed E-state index contributed by atoms with van der Waals surface area (Å²) >= 11 is 17.7. The van der Waals surface area contributed by atoms with E-state index in [9.17, 15) is 9.90 Å². The van der Waals surface area contributed by atoms with Gasteiger partial charge in [-0.25, -0.2) is 0 Å². The zero-order valence-corrected chi connectivity index (χ0v) is 16.2. The molecule has 0 heterocycles. The second-order valence-corrected chi connectivity index (χ2v) is 6.70. The number of rotatable bonds is 8. The Labute approximate surface area is 166 Å². The molecule has 0 saturated carbocycles. The molecule has 0 radical (unpaired) electrons. The first kappa shape index (κ1) is 20.6. The minimum atomic E-state index is -0.920. The van der Waals surface area contributed by atoms with Crippen LogP contribution in [0.2, 0.25) is 15.1 Å². The molecule has 2 aromatic rings. The summed E-state index contributed by atoms with van der Waals surface area (Å²) in [6.07, 6.45) is -1.65. The molecular formula is C18H18Cl3NO4. The van der Waals surface area contributed by atoms with Crippen LogP contribution in [-0.4, -0.2) is 36.4 Å². The zero-order chi connectivity index (χ0) is 19.1. The minimum absolute atomic E-state index is 0.00529. The molecule has 0 saturated heterocycles. The Morgan fingerprint density at radius 3 is 2.54 bits per heavy atom. The summed E-state index contributed by atoms with van der Waals surface area (Å²) in [7, 11) is 0. The number of hydrogen-bond acceptors (Lipinski definition) is 4. The fourth-order valence-electron chi connectivity index (χ4n) is 1.97. The monoisotopic (exact) mass is 417 g/mol. The van der Waals surface area contributed by atoms with Gasteiger partial charge >= 0.3 is 0 Å². The van der Waals surface area contributed by atoms with E-state index in [0.717, 1.165) is 0 Å². The molecule has 2 atom stereocenters. The third kappa shape index (κ3) is 6.25. The normalized spacial score (nSPS) is 13.0. The van der Waals surface area contributed by atoms with Gasteiger partial charge in [-0.3, -0.25) is 4.79 Å². The SMILES string of the molecule is CC(Oc1ccc(Cl)cc1)C(=O)NCC(O)COc1cccc(Cl)c1Cl. The second kappa shape index (κ2) is 9.88. The van der Waals surface area contributed by atoms with E-state index in [2.05, 4.69) is 5.32 Å². The number of aliphatic hydroxyl groups is 1. The van der Waals surface area contributed by atoms with Gasteiger partial charge in [0.2, 0.25) is 0 Å². The first-order valence-electron chi connectivity index (χ1n) is 7.81. The highest BCUT2D eigenvalue weighted by Crippen LogP contribution is 2.31. The average molecular weight is 419 g/mol. The van der Waals surface area contributed by atoms with Gasteiger partial charge in [-0.1, -0.05) is 40.9 Å². The van der Waals surface area contributed by atoms with Crippen LogP contribution < -0.4 is 14.8 Å². The molecule has 2 rings (SSSR count). The lowest BCUT2D eigenvalue weighted by Crippen LogP contribution is -2.41. The Balaban J connectivity index is 1.75. The predicted octanol–water partition coefficient (Wildman–Crippen LogP) is 3.97. The van der Waals surface area contributed by atoms with Crippen LogP contribution in [0, 0.1) is 0 Å². The molecular weight excluding hydrogens is 401 g/mol. The second-order valence-electron chi connectivity index (χ2n) is 5.48. The molecule has 0 aliphatic carbocycles. The molecule has 26 heavy (non-hydrogen) atoms. The molecule has 2 aromatic carbocycles. The largest absolute Gasteiger partial charge is 0.489 e. The van der Waals surface area contributed by atoms with Crippen LogP contribution in [0.4, 0.5) is 0 Å². The number of aliphatic hydroxyl groups excluding tert-OH is 1. The molecule has 0 bridgehead atoms. The quantitative estimate of drug-likeness (QED) is 0.681. The van der Waals surface area contributed by atoms with Crippen LogP contribution in [-0.2, 0) is 4.79 Å². The van der Waals surface area contributed by atoms with Crippen LogP contribution in [0.15, 0.2) is 42.5 Å². The minimum Gasteiger partial charge on any atom is -0.489 e. The molecule has 140 valence electrons. The Morgan fingerprint density at radius 2 is 1.85 bits per heavy atom. The van der Waals surface area contributed by atoms with Crippen molar-refractivity contribution < 1.29 is 19.4 Å². The van der Waals surface area contributed by atoms with Crippen molar-refractivity contribution in [3.63, 3.8) is 0 Å². The van der Waals surface area contributed by atoms with Crippen molar-refractivity contribution in [3.8, 4) is 11.5 Å². The van der Waals surface area contributed by atoms with Crippen LogP contribution >= 0.6 is 34.8 Å². The Morgan fingerprint density at radius 1 is 1.15 bits per heavy atom. The van der Waals surface area contributed by atoms with Crippen molar-refractivity contribution in [2.24, 2.45) is 0 Å². The van der Waals surface area contributed by atoms with Gasteiger partial charge in [0.1, 0.15) is 29.2 Å². The molecule has 0 spiro atoms. The number of halogens is 3. The summed E-state index contributed by atoms with van der Waals surface area (Å²) in [5, 5.41) is 13.8.